The molecule has 0 bridgehead atoms. The molecule has 3 heteroatoms. The molecule has 0 saturated heterocycles. The fourth-order valence-corrected chi connectivity index (χ4v) is 3.30. The molecule has 2 unspecified atom stereocenters. The van der Waals surface area contributed by atoms with E-state index < -0.39 is 0 Å². The zero-order valence-corrected chi connectivity index (χ0v) is 12.9. The largest absolute Gasteiger partial charge is 0.377 e. The molecular formula is C15H23BrN2. The van der Waals surface area contributed by atoms with E-state index >= 15 is 0 Å². The first-order valence-corrected chi connectivity index (χ1v) is 7.62. The number of benzene rings is 1. The average Bonchev–Trinajstić information content (AvgIpc) is 2.78. The van der Waals surface area contributed by atoms with Gasteiger partial charge in [-0.2, -0.15) is 0 Å². The summed E-state index contributed by atoms with van der Waals surface area (Å²) in [5.41, 5.74) is 8.59. The SMILES string of the molecule is CCC1CCC(CN)(Nc2cc(C)ccc2Br)C1. The van der Waals surface area contributed by atoms with E-state index in [-0.39, 0.29) is 5.54 Å². The Kier molecular flexibility index (Phi) is 4.33. The molecule has 18 heavy (non-hydrogen) atoms. The van der Waals surface area contributed by atoms with E-state index in [1.54, 1.807) is 0 Å². The highest BCUT2D eigenvalue weighted by Gasteiger charge is 2.37. The van der Waals surface area contributed by atoms with Gasteiger partial charge in [0.05, 0.1) is 0 Å². The maximum Gasteiger partial charge on any atom is 0.0498 e. The molecule has 1 saturated carbocycles. The van der Waals surface area contributed by atoms with E-state index in [1.165, 1.54) is 36.9 Å². The molecule has 1 aromatic carbocycles. The van der Waals surface area contributed by atoms with Gasteiger partial charge >= 0.3 is 0 Å². The number of rotatable bonds is 4. The van der Waals surface area contributed by atoms with E-state index in [4.69, 9.17) is 5.73 Å². The predicted molar refractivity (Wildman–Crippen MR) is 81.9 cm³/mol. The Morgan fingerprint density at radius 1 is 1.50 bits per heavy atom. The van der Waals surface area contributed by atoms with Crippen LogP contribution in [0.25, 0.3) is 0 Å². The number of hydrogen-bond donors (Lipinski definition) is 2. The van der Waals surface area contributed by atoms with Crippen LogP contribution in [0.1, 0.15) is 38.2 Å². The number of nitrogens with one attached hydrogen (secondary N) is 1. The molecule has 0 spiro atoms. The number of anilines is 1. The molecule has 0 aromatic heterocycles. The third-order valence-electron chi connectivity index (χ3n) is 4.20. The first-order chi connectivity index (χ1) is 8.58. The van der Waals surface area contributed by atoms with Crippen LogP contribution in [-0.2, 0) is 0 Å². The number of aryl methyl sites for hydroxylation is 1. The standard InChI is InChI=1S/C15H23BrN2/c1-3-12-6-7-15(9-12,10-17)18-14-8-11(2)4-5-13(14)16/h4-5,8,12,18H,3,6-7,9-10,17H2,1-2H3. The molecule has 0 aliphatic heterocycles. The van der Waals surface area contributed by atoms with Crippen molar-refractivity contribution in [1.82, 2.24) is 0 Å². The monoisotopic (exact) mass is 310 g/mol. The van der Waals surface area contributed by atoms with Gasteiger partial charge in [-0.25, -0.2) is 0 Å². The number of halogens is 1. The Bertz CT molecular complexity index is 419. The maximum atomic E-state index is 6.04. The number of hydrogen-bond acceptors (Lipinski definition) is 2. The van der Waals surface area contributed by atoms with Crippen molar-refractivity contribution in [3.8, 4) is 0 Å². The molecule has 2 nitrogen and oxygen atoms in total. The van der Waals surface area contributed by atoms with Crippen LogP contribution in [0, 0.1) is 12.8 Å². The first kappa shape index (κ1) is 13.9. The molecule has 1 aromatic rings. The van der Waals surface area contributed by atoms with E-state index in [9.17, 15) is 0 Å². The number of nitrogens with two attached hydrogens (primary N) is 1. The van der Waals surface area contributed by atoms with E-state index in [0.717, 1.165) is 10.4 Å². The fraction of sp³-hybridized carbons (Fsp3) is 0.600. The van der Waals surface area contributed by atoms with Gasteiger partial charge < -0.3 is 11.1 Å². The summed E-state index contributed by atoms with van der Waals surface area (Å²) in [5.74, 6) is 0.824. The lowest BCUT2D eigenvalue weighted by atomic mass is 9.94. The van der Waals surface area contributed by atoms with Gasteiger partial charge in [-0.15, -0.1) is 0 Å². The van der Waals surface area contributed by atoms with Crippen molar-refractivity contribution in [3.05, 3.63) is 28.2 Å². The van der Waals surface area contributed by atoms with Gasteiger partial charge in [0.1, 0.15) is 0 Å². The molecule has 0 heterocycles. The Hall–Kier alpha value is -0.540. The third-order valence-corrected chi connectivity index (χ3v) is 4.89. The molecular weight excluding hydrogens is 288 g/mol. The average molecular weight is 311 g/mol. The summed E-state index contributed by atoms with van der Waals surface area (Å²) in [4.78, 5) is 0. The third kappa shape index (κ3) is 2.89. The molecule has 2 atom stereocenters. The summed E-state index contributed by atoms with van der Waals surface area (Å²) in [7, 11) is 0. The predicted octanol–water partition coefficient (Wildman–Crippen LogP) is 4.08. The summed E-state index contributed by atoms with van der Waals surface area (Å²) < 4.78 is 1.13. The normalized spacial score (nSPS) is 27.4. The van der Waals surface area contributed by atoms with E-state index in [1.807, 2.05) is 0 Å². The lowest BCUT2D eigenvalue weighted by Gasteiger charge is -2.31. The van der Waals surface area contributed by atoms with Crippen LogP contribution < -0.4 is 11.1 Å². The fourth-order valence-electron chi connectivity index (χ4n) is 2.96. The summed E-state index contributed by atoms with van der Waals surface area (Å²) >= 11 is 3.62. The van der Waals surface area contributed by atoms with Crippen molar-refractivity contribution in [2.24, 2.45) is 11.7 Å². The molecule has 1 fully saturated rings. The highest BCUT2D eigenvalue weighted by atomic mass is 79.9. The second-order valence-electron chi connectivity index (χ2n) is 5.61. The van der Waals surface area contributed by atoms with Gasteiger partial charge in [0.2, 0.25) is 0 Å². The smallest absolute Gasteiger partial charge is 0.0498 e. The Balaban J connectivity index is 2.18. The molecule has 0 radical (unpaired) electrons. The van der Waals surface area contributed by atoms with E-state index in [2.05, 4.69) is 53.3 Å². The van der Waals surface area contributed by atoms with Crippen LogP contribution in [-0.4, -0.2) is 12.1 Å². The van der Waals surface area contributed by atoms with Gasteiger partial charge in [0.15, 0.2) is 0 Å². The van der Waals surface area contributed by atoms with Crippen molar-refractivity contribution < 1.29 is 0 Å². The van der Waals surface area contributed by atoms with Crippen molar-refractivity contribution in [2.45, 2.75) is 45.1 Å². The maximum absolute atomic E-state index is 6.04. The van der Waals surface area contributed by atoms with Gasteiger partial charge in [-0.05, 0) is 65.7 Å². The van der Waals surface area contributed by atoms with Gasteiger partial charge in [0.25, 0.3) is 0 Å². The van der Waals surface area contributed by atoms with Gasteiger partial charge in [0, 0.05) is 22.2 Å². The second-order valence-corrected chi connectivity index (χ2v) is 6.46. The summed E-state index contributed by atoms with van der Waals surface area (Å²) in [6.45, 7) is 5.11. The van der Waals surface area contributed by atoms with Crippen LogP contribution >= 0.6 is 15.9 Å². The molecule has 3 N–H and O–H groups in total. The van der Waals surface area contributed by atoms with Crippen molar-refractivity contribution in [2.75, 3.05) is 11.9 Å². The summed E-state index contributed by atoms with van der Waals surface area (Å²) in [6, 6.07) is 6.42. The zero-order chi connectivity index (χ0) is 13.2. The second kappa shape index (κ2) is 5.62. The Labute approximate surface area is 118 Å². The summed E-state index contributed by atoms with van der Waals surface area (Å²) in [6.07, 6.45) is 4.94. The summed E-state index contributed by atoms with van der Waals surface area (Å²) in [5, 5.41) is 3.71. The minimum absolute atomic E-state index is 0.0942. The van der Waals surface area contributed by atoms with Gasteiger partial charge in [-0.1, -0.05) is 19.4 Å². The minimum Gasteiger partial charge on any atom is -0.377 e. The molecule has 100 valence electrons. The Morgan fingerprint density at radius 2 is 2.28 bits per heavy atom. The van der Waals surface area contributed by atoms with Crippen LogP contribution in [0.3, 0.4) is 0 Å². The van der Waals surface area contributed by atoms with Crippen LogP contribution in [0.4, 0.5) is 5.69 Å². The van der Waals surface area contributed by atoms with E-state index in [0.29, 0.717) is 6.54 Å². The van der Waals surface area contributed by atoms with Crippen molar-refractivity contribution in [1.29, 1.82) is 0 Å². The highest BCUT2D eigenvalue weighted by molar-refractivity contribution is 9.10. The molecule has 0 amide bonds. The lowest BCUT2D eigenvalue weighted by molar-refractivity contribution is 0.449. The highest BCUT2D eigenvalue weighted by Crippen LogP contribution is 2.39. The van der Waals surface area contributed by atoms with Crippen LogP contribution in [0.5, 0.6) is 0 Å². The van der Waals surface area contributed by atoms with Crippen molar-refractivity contribution in [3.63, 3.8) is 0 Å². The molecule has 1 aliphatic rings. The first-order valence-electron chi connectivity index (χ1n) is 6.83. The molecule has 1 aliphatic carbocycles. The quantitative estimate of drug-likeness (QED) is 0.879. The Morgan fingerprint density at radius 3 is 2.89 bits per heavy atom. The lowest BCUT2D eigenvalue weighted by Crippen LogP contribution is -2.43. The van der Waals surface area contributed by atoms with Gasteiger partial charge in [-0.3, -0.25) is 0 Å². The van der Waals surface area contributed by atoms with Crippen LogP contribution in [0.15, 0.2) is 22.7 Å². The topological polar surface area (TPSA) is 38.0 Å². The van der Waals surface area contributed by atoms with Crippen LogP contribution in [0.2, 0.25) is 0 Å². The zero-order valence-electron chi connectivity index (χ0n) is 11.3. The molecule has 2 rings (SSSR count). The minimum atomic E-state index is 0.0942. The van der Waals surface area contributed by atoms with Crippen molar-refractivity contribution >= 4 is 21.6 Å².